The van der Waals surface area contributed by atoms with Crippen LogP contribution < -0.4 is 0 Å². The molecule has 0 atom stereocenters. The van der Waals surface area contributed by atoms with Gasteiger partial charge in [-0.1, -0.05) is 0 Å². The Morgan fingerprint density at radius 3 is 2.50 bits per heavy atom. The number of carboxylic acids is 1. The van der Waals surface area contributed by atoms with Crippen LogP contribution in [0.4, 0.5) is 4.39 Å². The fourth-order valence-corrected chi connectivity index (χ4v) is 2.36. The maximum Gasteiger partial charge on any atom is 0.319 e. The molecule has 16 heavy (non-hydrogen) atoms. The highest BCUT2D eigenvalue weighted by molar-refractivity contribution is 8.01. The topological polar surface area (TPSA) is 37.3 Å². The molecule has 0 amide bonds. The van der Waals surface area contributed by atoms with Crippen molar-refractivity contribution in [3.05, 3.63) is 24.0 Å². The lowest BCUT2D eigenvalue weighted by Gasteiger charge is -2.18. The average Bonchev–Trinajstić information content (AvgIpc) is 2.20. The Bertz CT molecular complexity index is 405. The molecule has 0 heterocycles. The van der Waals surface area contributed by atoms with Crippen molar-refractivity contribution >= 4 is 29.5 Å². The third-order valence-electron chi connectivity index (χ3n) is 2.02. The molecule has 0 aliphatic carbocycles. The molecule has 1 aromatic rings. The Kier molecular flexibility index (Phi) is 4.27. The summed E-state index contributed by atoms with van der Waals surface area (Å²) in [6, 6.07) is 4.83. The van der Waals surface area contributed by atoms with Crippen LogP contribution in [0.15, 0.2) is 28.0 Å². The average molecular weight is 260 g/mol. The third kappa shape index (κ3) is 3.15. The summed E-state index contributed by atoms with van der Waals surface area (Å²) < 4.78 is 12.6. The highest BCUT2D eigenvalue weighted by atomic mass is 32.2. The molecule has 0 bridgehead atoms. The summed E-state index contributed by atoms with van der Waals surface area (Å²) in [5.74, 6) is -1.32. The van der Waals surface area contributed by atoms with E-state index in [9.17, 15) is 9.18 Å². The molecule has 0 fully saturated rings. The van der Waals surface area contributed by atoms with Crippen LogP contribution in [-0.2, 0) is 4.79 Å². The molecule has 0 saturated heterocycles. The molecule has 0 aromatic heterocycles. The first kappa shape index (κ1) is 13.4. The summed E-state index contributed by atoms with van der Waals surface area (Å²) in [6.45, 7) is 3.11. The molecule has 0 saturated carbocycles. The number of rotatable bonds is 4. The Labute approximate surface area is 103 Å². The van der Waals surface area contributed by atoms with Crippen LogP contribution in [0.2, 0.25) is 0 Å². The zero-order valence-corrected chi connectivity index (χ0v) is 10.9. The lowest BCUT2D eigenvalue weighted by atomic mass is 10.2. The molecule has 1 rings (SSSR count). The van der Waals surface area contributed by atoms with Gasteiger partial charge in [-0.15, -0.1) is 23.5 Å². The first-order chi connectivity index (χ1) is 7.36. The van der Waals surface area contributed by atoms with Crippen molar-refractivity contribution in [2.75, 3.05) is 6.26 Å². The molecular formula is C11H13FO2S2. The summed E-state index contributed by atoms with van der Waals surface area (Å²) in [5.41, 5.74) is 0. The zero-order chi connectivity index (χ0) is 12.3. The highest BCUT2D eigenvalue weighted by Gasteiger charge is 2.29. The minimum atomic E-state index is -1.03. The summed E-state index contributed by atoms with van der Waals surface area (Å²) in [4.78, 5) is 12.1. The lowest BCUT2D eigenvalue weighted by Crippen LogP contribution is -2.27. The number of hydrogen-bond donors (Lipinski definition) is 1. The van der Waals surface area contributed by atoms with Gasteiger partial charge in [0.1, 0.15) is 10.6 Å². The van der Waals surface area contributed by atoms with Crippen molar-refractivity contribution in [3.63, 3.8) is 0 Å². The molecule has 0 unspecified atom stereocenters. The highest BCUT2D eigenvalue weighted by Crippen LogP contribution is 2.35. The monoisotopic (exact) mass is 260 g/mol. The van der Waals surface area contributed by atoms with Crippen LogP contribution >= 0.6 is 23.5 Å². The van der Waals surface area contributed by atoms with Gasteiger partial charge in [-0.2, -0.15) is 0 Å². The van der Waals surface area contributed by atoms with Crippen molar-refractivity contribution < 1.29 is 14.3 Å². The van der Waals surface area contributed by atoms with Crippen LogP contribution in [0.1, 0.15) is 13.8 Å². The zero-order valence-electron chi connectivity index (χ0n) is 9.28. The lowest BCUT2D eigenvalue weighted by molar-refractivity contribution is -0.138. The van der Waals surface area contributed by atoms with Gasteiger partial charge in [0.05, 0.1) is 0 Å². The summed E-state index contributed by atoms with van der Waals surface area (Å²) in [5, 5.41) is 8.95. The maximum atomic E-state index is 13.6. The minimum absolute atomic E-state index is 0.366. The molecule has 0 aliphatic heterocycles. The van der Waals surface area contributed by atoms with Crippen LogP contribution in [0.3, 0.4) is 0 Å². The van der Waals surface area contributed by atoms with Gasteiger partial charge in [-0.25, -0.2) is 4.39 Å². The van der Waals surface area contributed by atoms with Crippen LogP contribution in [0.25, 0.3) is 0 Å². The number of carboxylic acid groups (broad SMARTS) is 1. The van der Waals surface area contributed by atoms with E-state index < -0.39 is 10.7 Å². The van der Waals surface area contributed by atoms with Crippen LogP contribution in [0, 0.1) is 5.82 Å². The Balaban J connectivity index is 2.94. The largest absolute Gasteiger partial charge is 0.480 e. The normalized spacial score (nSPS) is 11.5. The third-order valence-corrected chi connectivity index (χ3v) is 3.98. The van der Waals surface area contributed by atoms with Crippen molar-refractivity contribution in [1.82, 2.24) is 0 Å². The number of aliphatic carboxylic acids is 1. The summed E-state index contributed by atoms with van der Waals surface area (Å²) in [6.07, 6.45) is 1.86. The van der Waals surface area contributed by atoms with E-state index in [2.05, 4.69) is 0 Å². The fraction of sp³-hybridized carbons (Fsp3) is 0.364. The predicted molar refractivity (Wildman–Crippen MR) is 65.8 cm³/mol. The molecule has 5 heteroatoms. The first-order valence-electron chi connectivity index (χ1n) is 4.63. The number of hydrogen-bond acceptors (Lipinski definition) is 3. The molecule has 1 N–H and O–H groups in total. The molecule has 0 spiro atoms. The van der Waals surface area contributed by atoms with Crippen molar-refractivity contribution in [2.24, 2.45) is 0 Å². The molecule has 1 aromatic carbocycles. The van der Waals surface area contributed by atoms with E-state index in [0.717, 1.165) is 16.7 Å². The van der Waals surface area contributed by atoms with Crippen molar-refractivity contribution in [2.45, 2.75) is 28.4 Å². The second-order valence-electron chi connectivity index (χ2n) is 3.71. The maximum absolute atomic E-state index is 13.6. The van der Waals surface area contributed by atoms with Crippen molar-refractivity contribution in [3.8, 4) is 0 Å². The summed E-state index contributed by atoms with van der Waals surface area (Å²) in [7, 11) is 0. The second kappa shape index (κ2) is 5.10. The van der Waals surface area contributed by atoms with E-state index in [1.165, 1.54) is 17.8 Å². The number of benzene rings is 1. The Hall–Kier alpha value is -0.680. The van der Waals surface area contributed by atoms with E-state index in [1.807, 2.05) is 6.26 Å². The molecule has 88 valence electrons. The van der Waals surface area contributed by atoms with Crippen LogP contribution in [0.5, 0.6) is 0 Å². The van der Waals surface area contributed by atoms with Gasteiger partial charge >= 0.3 is 5.97 Å². The molecule has 2 nitrogen and oxygen atoms in total. The first-order valence-corrected chi connectivity index (χ1v) is 6.67. The Morgan fingerprint density at radius 2 is 2.06 bits per heavy atom. The van der Waals surface area contributed by atoms with Gasteiger partial charge in [0, 0.05) is 9.79 Å². The molecule has 0 aliphatic rings. The number of carbonyl (C=O) groups is 1. The smallest absolute Gasteiger partial charge is 0.319 e. The van der Waals surface area contributed by atoms with E-state index in [-0.39, 0.29) is 5.82 Å². The van der Waals surface area contributed by atoms with Crippen molar-refractivity contribution in [1.29, 1.82) is 0 Å². The van der Waals surface area contributed by atoms with E-state index in [1.54, 1.807) is 26.0 Å². The quantitative estimate of drug-likeness (QED) is 0.841. The van der Waals surface area contributed by atoms with Gasteiger partial charge in [0.15, 0.2) is 0 Å². The Morgan fingerprint density at radius 1 is 1.44 bits per heavy atom. The van der Waals surface area contributed by atoms with Gasteiger partial charge < -0.3 is 5.11 Å². The van der Waals surface area contributed by atoms with Crippen LogP contribution in [-0.4, -0.2) is 22.1 Å². The SMILES string of the molecule is CSc1ccc(SC(C)(C)C(=O)O)c(F)c1. The van der Waals surface area contributed by atoms with Gasteiger partial charge in [0.25, 0.3) is 0 Å². The van der Waals surface area contributed by atoms with E-state index in [0.29, 0.717) is 4.90 Å². The number of halogens is 1. The van der Waals surface area contributed by atoms with Gasteiger partial charge in [-0.05, 0) is 38.3 Å². The number of thioether (sulfide) groups is 2. The predicted octanol–water partition coefficient (Wildman–Crippen LogP) is 3.50. The fourth-order valence-electron chi connectivity index (χ4n) is 1.01. The molecular weight excluding hydrogens is 247 g/mol. The van der Waals surface area contributed by atoms with Gasteiger partial charge in [-0.3, -0.25) is 4.79 Å². The standard InChI is InChI=1S/C11H13FO2S2/c1-11(2,10(13)14)16-9-5-4-7(15-3)6-8(9)12/h4-6H,1-3H3,(H,13,14). The minimum Gasteiger partial charge on any atom is -0.480 e. The van der Waals surface area contributed by atoms with E-state index in [4.69, 9.17) is 5.11 Å². The van der Waals surface area contributed by atoms with E-state index >= 15 is 0 Å². The second-order valence-corrected chi connectivity index (χ2v) is 6.26. The summed E-state index contributed by atoms with van der Waals surface area (Å²) >= 11 is 2.47. The molecule has 0 radical (unpaired) electrons. The van der Waals surface area contributed by atoms with Gasteiger partial charge in [0.2, 0.25) is 0 Å².